The van der Waals surface area contributed by atoms with E-state index in [1.165, 1.54) is 16.7 Å². The third kappa shape index (κ3) is 3.08. The van der Waals surface area contributed by atoms with E-state index in [1.807, 2.05) is 6.08 Å². The fraction of sp³-hybridized carbons (Fsp3) is 0.500. The van der Waals surface area contributed by atoms with Crippen LogP contribution in [0.1, 0.15) is 40.5 Å². The zero-order valence-corrected chi connectivity index (χ0v) is 8.78. The topological polar surface area (TPSA) is 0 Å². The van der Waals surface area contributed by atoms with Crippen LogP contribution >= 0.6 is 0 Å². The first-order valence-electron chi connectivity index (χ1n) is 4.65. The van der Waals surface area contributed by atoms with Crippen LogP contribution in [-0.4, -0.2) is 0 Å². The van der Waals surface area contributed by atoms with Gasteiger partial charge in [-0.05, 0) is 37.8 Å². The molecule has 12 heavy (non-hydrogen) atoms. The van der Waals surface area contributed by atoms with Gasteiger partial charge < -0.3 is 0 Å². The van der Waals surface area contributed by atoms with Gasteiger partial charge >= 0.3 is 0 Å². The Labute approximate surface area is 76.7 Å². The van der Waals surface area contributed by atoms with E-state index in [0.717, 1.165) is 12.8 Å². The van der Waals surface area contributed by atoms with Gasteiger partial charge in [-0.2, -0.15) is 0 Å². The van der Waals surface area contributed by atoms with Gasteiger partial charge in [0.1, 0.15) is 0 Å². The van der Waals surface area contributed by atoms with Crippen LogP contribution in [-0.2, 0) is 0 Å². The first-order valence-corrected chi connectivity index (χ1v) is 4.65. The highest BCUT2D eigenvalue weighted by Crippen LogP contribution is 2.20. The summed E-state index contributed by atoms with van der Waals surface area (Å²) in [6.45, 7) is 12.5. The van der Waals surface area contributed by atoms with Crippen molar-refractivity contribution in [1.29, 1.82) is 0 Å². The Morgan fingerprint density at radius 3 is 2.00 bits per heavy atom. The van der Waals surface area contributed by atoms with Crippen molar-refractivity contribution in [2.45, 2.75) is 40.5 Å². The van der Waals surface area contributed by atoms with Crippen molar-refractivity contribution in [1.82, 2.24) is 0 Å². The molecule has 0 aromatic heterocycles. The van der Waals surface area contributed by atoms with Crippen LogP contribution < -0.4 is 0 Å². The van der Waals surface area contributed by atoms with E-state index < -0.39 is 0 Å². The van der Waals surface area contributed by atoms with E-state index in [4.69, 9.17) is 0 Å². The van der Waals surface area contributed by atoms with Gasteiger partial charge in [-0.25, -0.2) is 0 Å². The van der Waals surface area contributed by atoms with Crippen LogP contribution in [0.2, 0.25) is 0 Å². The molecule has 68 valence electrons. The summed E-state index contributed by atoms with van der Waals surface area (Å²) in [5.41, 5.74) is 4.33. The molecule has 0 spiro atoms. The van der Waals surface area contributed by atoms with E-state index >= 15 is 0 Å². The molecule has 0 bridgehead atoms. The van der Waals surface area contributed by atoms with Crippen molar-refractivity contribution in [2.24, 2.45) is 0 Å². The second-order valence-corrected chi connectivity index (χ2v) is 3.11. The minimum atomic E-state index is 1.10. The zero-order chi connectivity index (χ0) is 9.56. The molecule has 0 aromatic carbocycles. The molecule has 0 fully saturated rings. The molecule has 0 saturated carbocycles. The normalized spacial score (nSPS) is 11.2. The lowest BCUT2D eigenvalue weighted by Crippen LogP contribution is -1.89. The Morgan fingerprint density at radius 1 is 1.17 bits per heavy atom. The van der Waals surface area contributed by atoms with Gasteiger partial charge in [0.05, 0.1) is 0 Å². The highest BCUT2D eigenvalue weighted by molar-refractivity contribution is 5.35. The van der Waals surface area contributed by atoms with Gasteiger partial charge in [-0.3, -0.25) is 0 Å². The third-order valence-corrected chi connectivity index (χ3v) is 2.04. The molecule has 0 N–H and O–H groups in total. The molecule has 0 nitrogen and oxygen atoms in total. The van der Waals surface area contributed by atoms with Crippen LogP contribution in [0.15, 0.2) is 35.5 Å². The second-order valence-electron chi connectivity index (χ2n) is 3.11. The van der Waals surface area contributed by atoms with Crippen molar-refractivity contribution >= 4 is 0 Å². The standard InChI is InChI=1S/C12H20/c1-6-9-11(7-2)12(8-3)10(4)5/h6,9H,1,7-8H2,2-5H3/b11-9-. The Morgan fingerprint density at radius 2 is 1.75 bits per heavy atom. The SMILES string of the molecule is C=C/C=C(/CC)C(CC)=C(C)C. The largest absolute Gasteiger partial charge is 0.0991 e. The lowest BCUT2D eigenvalue weighted by molar-refractivity contribution is 0.996. The lowest BCUT2D eigenvalue weighted by Gasteiger charge is -2.09. The first-order chi connectivity index (χ1) is 5.67. The zero-order valence-electron chi connectivity index (χ0n) is 8.78. The predicted octanol–water partition coefficient (Wildman–Crippen LogP) is 4.26. The van der Waals surface area contributed by atoms with E-state index in [1.54, 1.807) is 0 Å². The van der Waals surface area contributed by atoms with Gasteiger partial charge in [-0.1, -0.05) is 38.2 Å². The van der Waals surface area contributed by atoms with Crippen LogP contribution in [0.5, 0.6) is 0 Å². The maximum absolute atomic E-state index is 3.73. The monoisotopic (exact) mass is 164 g/mol. The van der Waals surface area contributed by atoms with Gasteiger partial charge in [0.25, 0.3) is 0 Å². The van der Waals surface area contributed by atoms with E-state index in [2.05, 4.69) is 40.3 Å². The number of rotatable bonds is 4. The lowest BCUT2D eigenvalue weighted by atomic mass is 9.97. The maximum Gasteiger partial charge on any atom is -0.0305 e. The van der Waals surface area contributed by atoms with Crippen molar-refractivity contribution in [3.63, 3.8) is 0 Å². The number of allylic oxidation sites excluding steroid dienone is 5. The summed E-state index contributed by atoms with van der Waals surface area (Å²) in [4.78, 5) is 0. The first kappa shape index (κ1) is 11.2. The van der Waals surface area contributed by atoms with Crippen molar-refractivity contribution in [3.8, 4) is 0 Å². The highest BCUT2D eigenvalue weighted by atomic mass is 14.1. The van der Waals surface area contributed by atoms with Crippen LogP contribution in [0, 0.1) is 0 Å². The predicted molar refractivity (Wildman–Crippen MR) is 57.2 cm³/mol. The third-order valence-electron chi connectivity index (χ3n) is 2.04. The Hall–Kier alpha value is -0.780. The molecule has 0 aliphatic rings. The molecule has 0 atom stereocenters. The fourth-order valence-corrected chi connectivity index (χ4v) is 1.48. The molecule has 0 amide bonds. The minimum Gasteiger partial charge on any atom is -0.0991 e. The van der Waals surface area contributed by atoms with Crippen molar-refractivity contribution in [3.05, 3.63) is 35.5 Å². The molecular weight excluding hydrogens is 144 g/mol. The summed E-state index contributed by atoms with van der Waals surface area (Å²) < 4.78 is 0. The molecule has 0 aliphatic carbocycles. The quantitative estimate of drug-likeness (QED) is 0.545. The average Bonchev–Trinajstić information content (AvgIpc) is 2.03. The summed E-state index contributed by atoms with van der Waals surface area (Å²) >= 11 is 0. The molecule has 0 aliphatic heterocycles. The second kappa shape index (κ2) is 5.82. The van der Waals surface area contributed by atoms with Gasteiger partial charge in [0.15, 0.2) is 0 Å². The number of hydrogen-bond acceptors (Lipinski definition) is 0. The highest BCUT2D eigenvalue weighted by Gasteiger charge is 2.00. The molecule has 0 rings (SSSR count). The molecule has 0 heterocycles. The summed E-state index contributed by atoms with van der Waals surface area (Å²) in [6, 6.07) is 0. The minimum absolute atomic E-state index is 1.10. The maximum atomic E-state index is 3.73. The Kier molecular flexibility index (Phi) is 5.44. The molecule has 0 radical (unpaired) electrons. The summed E-state index contributed by atoms with van der Waals surface area (Å²) in [7, 11) is 0. The van der Waals surface area contributed by atoms with Crippen molar-refractivity contribution in [2.75, 3.05) is 0 Å². The van der Waals surface area contributed by atoms with Gasteiger partial charge in [0.2, 0.25) is 0 Å². The molecule has 0 aromatic rings. The van der Waals surface area contributed by atoms with Crippen molar-refractivity contribution < 1.29 is 0 Å². The van der Waals surface area contributed by atoms with Crippen LogP contribution in [0.4, 0.5) is 0 Å². The number of hydrogen-bond donors (Lipinski definition) is 0. The molecule has 0 saturated heterocycles. The smallest absolute Gasteiger partial charge is 0.0305 e. The van der Waals surface area contributed by atoms with E-state index in [-0.39, 0.29) is 0 Å². The van der Waals surface area contributed by atoms with Gasteiger partial charge in [-0.15, -0.1) is 0 Å². The molecular formula is C12H20. The molecule has 0 heteroatoms. The van der Waals surface area contributed by atoms with Gasteiger partial charge in [0, 0.05) is 0 Å². The summed E-state index contributed by atoms with van der Waals surface area (Å²) in [5.74, 6) is 0. The molecule has 0 unspecified atom stereocenters. The average molecular weight is 164 g/mol. The Balaban J connectivity index is 4.82. The van der Waals surface area contributed by atoms with E-state index in [0.29, 0.717) is 0 Å². The van der Waals surface area contributed by atoms with Crippen LogP contribution in [0.25, 0.3) is 0 Å². The summed E-state index contributed by atoms with van der Waals surface area (Å²) in [5, 5.41) is 0. The van der Waals surface area contributed by atoms with E-state index in [9.17, 15) is 0 Å². The summed E-state index contributed by atoms with van der Waals surface area (Å²) in [6.07, 6.45) is 6.21. The van der Waals surface area contributed by atoms with Crippen LogP contribution in [0.3, 0.4) is 0 Å². The fourth-order valence-electron chi connectivity index (χ4n) is 1.48. The Bertz CT molecular complexity index is 200.